The Morgan fingerprint density at radius 2 is 1.64 bits per heavy atom. The van der Waals surface area contributed by atoms with Crippen molar-refractivity contribution in [2.75, 3.05) is 24.4 Å². The summed E-state index contributed by atoms with van der Waals surface area (Å²) in [6.45, 7) is 8.95. The Morgan fingerprint density at radius 1 is 0.970 bits per heavy atom. The minimum atomic E-state index is -3.91. The predicted molar refractivity (Wildman–Crippen MR) is 133 cm³/mol. The lowest BCUT2D eigenvalue weighted by Crippen LogP contribution is -2.35. The average Bonchev–Trinajstić information content (AvgIpc) is 2.80. The number of nitrogens with zero attached hydrogens (tertiary/aromatic N) is 2. The molecule has 3 aromatic rings. The average molecular weight is 470 g/mol. The van der Waals surface area contributed by atoms with Crippen molar-refractivity contribution in [1.82, 2.24) is 9.88 Å². The van der Waals surface area contributed by atoms with Crippen molar-refractivity contribution in [2.24, 2.45) is 0 Å². The van der Waals surface area contributed by atoms with Gasteiger partial charge in [-0.3, -0.25) is 13.9 Å². The molecule has 0 bridgehead atoms. The Balaban J connectivity index is 2.06. The van der Waals surface area contributed by atoms with Gasteiger partial charge in [-0.2, -0.15) is 0 Å². The van der Waals surface area contributed by atoms with Gasteiger partial charge in [0.25, 0.3) is 15.9 Å². The summed E-state index contributed by atoms with van der Waals surface area (Å²) in [5, 5.41) is 0.170. The van der Waals surface area contributed by atoms with E-state index < -0.39 is 15.5 Å². The van der Waals surface area contributed by atoms with Gasteiger partial charge in [-0.15, -0.1) is 0 Å². The van der Waals surface area contributed by atoms with Gasteiger partial charge in [-0.05, 0) is 68.1 Å². The van der Waals surface area contributed by atoms with E-state index >= 15 is 0 Å². The number of aromatic nitrogens is 1. The Labute approximate surface area is 195 Å². The van der Waals surface area contributed by atoms with Gasteiger partial charge in [-0.1, -0.05) is 19.9 Å². The molecule has 1 amide bonds. The molecular weight excluding hydrogens is 438 g/mol. The molecule has 8 heteroatoms. The first kappa shape index (κ1) is 24.5. The normalized spacial score (nSPS) is 11.5. The Bertz CT molecular complexity index is 1340. The summed E-state index contributed by atoms with van der Waals surface area (Å²) in [6, 6.07) is 9.81. The number of pyridine rings is 1. The maximum atomic E-state index is 13.3. The van der Waals surface area contributed by atoms with E-state index in [-0.39, 0.29) is 21.8 Å². The summed E-state index contributed by atoms with van der Waals surface area (Å²) < 4.78 is 27.8. The molecule has 7 nitrogen and oxygen atoms in total. The molecule has 0 aliphatic heterocycles. The number of aromatic amines is 1. The number of carbonyl (C=O) groups is 1. The van der Waals surface area contributed by atoms with Gasteiger partial charge in [0.05, 0.1) is 10.6 Å². The largest absolute Gasteiger partial charge is 0.360 e. The second-order valence-corrected chi connectivity index (χ2v) is 10.2. The molecule has 0 fully saturated rings. The first-order chi connectivity index (χ1) is 15.6. The number of benzene rings is 2. The van der Waals surface area contributed by atoms with E-state index in [4.69, 9.17) is 0 Å². The molecule has 0 saturated carbocycles. The van der Waals surface area contributed by atoms with Gasteiger partial charge < -0.3 is 9.88 Å². The van der Waals surface area contributed by atoms with Gasteiger partial charge in [0.1, 0.15) is 5.56 Å². The van der Waals surface area contributed by atoms with Crippen LogP contribution in [0.3, 0.4) is 0 Å². The number of nitrogens with one attached hydrogen (secondary N) is 1. The fraction of sp³-hybridized carbons (Fsp3) is 0.360. The Hall–Kier alpha value is -3.13. The number of anilines is 1. The second-order valence-electron chi connectivity index (χ2n) is 8.27. The van der Waals surface area contributed by atoms with Crippen LogP contribution >= 0.6 is 0 Å². The fourth-order valence-electron chi connectivity index (χ4n) is 3.76. The molecule has 0 aliphatic rings. The molecule has 33 heavy (non-hydrogen) atoms. The van der Waals surface area contributed by atoms with Crippen LogP contribution in [0.5, 0.6) is 0 Å². The maximum absolute atomic E-state index is 13.3. The molecule has 0 radical (unpaired) electrons. The zero-order chi connectivity index (χ0) is 24.3. The highest BCUT2D eigenvalue weighted by molar-refractivity contribution is 7.92. The third-order valence-corrected chi connectivity index (χ3v) is 7.65. The first-order valence-electron chi connectivity index (χ1n) is 11.1. The highest BCUT2D eigenvalue weighted by atomic mass is 32.2. The number of sulfonamides is 1. The van der Waals surface area contributed by atoms with Gasteiger partial charge in [0.15, 0.2) is 0 Å². The number of carbonyl (C=O) groups excluding carboxylic acids is 1. The number of hydrogen-bond acceptors (Lipinski definition) is 4. The number of aryl methyl sites for hydroxylation is 2. The summed E-state index contributed by atoms with van der Waals surface area (Å²) in [4.78, 5) is 30.8. The number of rotatable bonds is 8. The second kappa shape index (κ2) is 9.79. The van der Waals surface area contributed by atoms with Crippen molar-refractivity contribution >= 4 is 32.5 Å². The first-order valence-corrected chi connectivity index (χ1v) is 12.6. The summed E-state index contributed by atoms with van der Waals surface area (Å²) in [5.41, 5.74) is 2.60. The maximum Gasteiger partial charge on any atom is 0.264 e. The van der Waals surface area contributed by atoms with Crippen LogP contribution in [0.1, 0.15) is 48.2 Å². The van der Waals surface area contributed by atoms with Crippen LogP contribution in [0.15, 0.2) is 52.3 Å². The van der Waals surface area contributed by atoms with Crippen molar-refractivity contribution in [3.05, 3.63) is 69.5 Å². The number of amides is 1. The third kappa shape index (κ3) is 4.80. The van der Waals surface area contributed by atoms with Crippen LogP contribution in [0.4, 0.5) is 5.69 Å². The molecule has 0 spiro atoms. The predicted octanol–water partition coefficient (Wildman–Crippen LogP) is 4.23. The minimum Gasteiger partial charge on any atom is -0.360 e. The number of hydrogen-bond donors (Lipinski definition) is 1. The van der Waals surface area contributed by atoms with Crippen LogP contribution in [-0.4, -0.2) is 44.3 Å². The number of fused-ring (bicyclic) bond motifs is 1. The summed E-state index contributed by atoms with van der Waals surface area (Å²) in [7, 11) is -2.42. The van der Waals surface area contributed by atoms with Crippen molar-refractivity contribution in [2.45, 2.75) is 45.4 Å². The third-order valence-electron chi connectivity index (χ3n) is 5.87. The lowest BCUT2D eigenvalue weighted by Gasteiger charge is -2.22. The summed E-state index contributed by atoms with van der Waals surface area (Å²) in [5.74, 6) is -0.345. The topological polar surface area (TPSA) is 90.6 Å². The van der Waals surface area contributed by atoms with Crippen molar-refractivity contribution in [3.63, 3.8) is 0 Å². The highest BCUT2D eigenvalue weighted by Crippen LogP contribution is 2.25. The molecule has 1 aromatic heterocycles. The monoisotopic (exact) mass is 469 g/mol. The molecule has 0 aliphatic carbocycles. The van der Waals surface area contributed by atoms with E-state index in [0.29, 0.717) is 24.3 Å². The summed E-state index contributed by atoms with van der Waals surface area (Å²) >= 11 is 0. The zero-order valence-electron chi connectivity index (χ0n) is 19.8. The molecule has 1 N–H and O–H groups in total. The lowest BCUT2D eigenvalue weighted by atomic mass is 10.1. The van der Waals surface area contributed by atoms with Crippen molar-refractivity contribution < 1.29 is 13.2 Å². The molecule has 3 rings (SSSR count). The minimum absolute atomic E-state index is 0.00944. The van der Waals surface area contributed by atoms with Crippen LogP contribution in [0.25, 0.3) is 10.9 Å². The van der Waals surface area contributed by atoms with E-state index in [1.807, 2.05) is 39.8 Å². The molecule has 0 saturated heterocycles. The summed E-state index contributed by atoms with van der Waals surface area (Å²) in [6.07, 6.45) is 2.98. The highest BCUT2D eigenvalue weighted by Gasteiger charge is 2.24. The van der Waals surface area contributed by atoms with Crippen molar-refractivity contribution in [1.29, 1.82) is 0 Å². The van der Waals surface area contributed by atoms with Gasteiger partial charge in [0.2, 0.25) is 5.43 Å². The zero-order valence-corrected chi connectivity index (χ0v) is 20.6. The van der Waals surface area contributed by atoms with Gasteiger partial charge in [-0.25, -0.2) is 8.42 Å². The molecule has 176 valence electrons. The fourth-order valence-corrected chi connectivity index (χ4v) is 4.97. The Kier molecular flexibility index (Phi) is 7.27. The molecule has 0 unspecified atom stereocenters. The standard InChI is InChI=1S/C25H31N3O4S/c1-6-12-28(13-7-2)25(30)22-16-26-23-11-10-20(15-21(23)24(22)29)33(31,32)27(5)19-9-8-17(3)18(4)14-19/h8-11,14-16H,6-7,12-13H2,1-5H3,(H,26,29). The number of H-pyrrole nitrogens is 1. The van der Waals surface area contributed by atoms with E-state index in [9.17, 15) is 18.0 Å². The van der Waals surface area contributed by atoms with E-state index in [1.54, 1.807) is 17.0 Å². The molecular formula is C25H31N3O4S. The van der Waals surface area contributed by atoms with Crippen LogP contribution in [0, 0.1) is 13.8 Å². The van der Waals surface area contributed by atoms with Gasteiger partial charge in [0, 0.05) is 37.2 Å². The Morgan fingerprint density at radius 3 is 2.24 bits per heavy atom. The molecule has 1 heterocycles. The SMILES string of the molecule is CCCN(CCC)C(=O)c1c[nH]c2ccc(S(=O)(=O)N(C)c3ccc(C)c(C)c3)cc2c1=O. The van der Waals surface area contributed by atoms with Crippen LogP contribution in [0.2, 0.25) is 0 Å². The quantitative estimate of drug-likeness (QED) is 0.534. The van der Waals surface area contributed by atoms with Crippen LogP contribution < -0.4 is 9.73 Å². The van der Waals surface area contributed by atoms with E-state index in [1.165, 1.54) is 29.7 Å². The van der Waals surface area contributed by atoms with E-state index in [2.05, 4.69) is 4.98 Å². The molecule has 2 aromatic carbocycles. The van der Waals surface area contributed by atoms with Crippen molar-refractivity contribution in [3.8, 4) is 0 Å². The lowest BCUT2D eigenvalue weighted by molar-refractivity contribution is 0.0754. The van der Waals surface area contributed by atoms with E-state index in [0.717, 1.165) is 24.0 Å². The smallest absolute Gasteiger partial charge is 0.264 e. The molecule has 0 atom stereocenters. The van der Waals surface area contributed by atoms with Crippen LogP contribution in [-0.2, 0) is 10.0 Å². The van der Waals surface area contributed by atoms with Gasteiger partial charge >= 0.3 is 0 Å².